The molecule has 1 aliphatic rings. The summed E-state index contributed by atoms with van der Waals surface area (Å²) in [4.78, 5) is 14.4. The van der Waals surface area contributed by atoms with E-state index < -0.39 is 6.04 Å². The van der Waals surface area contributed by atoms with Gasteiger partial charge in [-0.2, -0.15) is 5.10 Å². The molecule has 134 valence electrons. The van der Waals surface area contributed by atoms with Crippen LogP contribution in [0, 0.1) is 0 Å². The number of nitrogens with one attached hydrogen (secondary N) is 1. The van der Waals surface area contributed by atoms with Crippen molar-refractivity contribution in [3.8, 4) is 0 Å². The van der Waals surface area contributed by atoms with Crippen LogP contribution in [0.1, 0.15) is 36.9 Å². The van der Waals surface area contributed by atoms with Gasteiger partial charge in [-0.25, -0.2) is 0 Å². The smallest absolute Gasteiger partial charge is 0.243 e. The van der Waals surface area contributed by atoms with Crippen LogP contribution in [-0.4, -0.2) is 40.2 Å². The molecule has 6 heteroatoms. The van der Waals surface area contributed by atoms with Gasteiger partial charge in [0.15, 0.2) is 5.82 Å². The van der Waals surface area contributed by atoms with E-state index in [9.17, 15) is 4.79 Å². The summed E-state index contributed by atoms with van der Waals surface area (Å²) in [6.45, 7) is 4.13. The topological polar surface area (TPSA) is 76.2 Å². The van der Waals surface area contributed by atoms with Crippen molar-refractivity contribution in [2.24, 2.45) is 5.73 Å². The number of benzene rings is 1. The number of nitrogens with zero attached hydrogens (tertiary/aromatic N) is 3. The van der Waals surface area contributed by atoms with Crippen LogP contribution in [0.5, 0.6) is 0 Å². The molecule has 0 spiro atoms. The summed E-state index contributed by atoms with van der Waals surface area (Å²) in [5, 5.41) is 7.34. The molecule has 1 atom stereocenters. The van der Waals surface area contributed by atoms with Crippen molar-refractivity contribution in [2.75, 3.05) is 18.9 Å². The summed E-state index contributed by atoms with van der Waals surface area (Å²) in [6.07, 6.45) is 2.42. The minimum Gasteiger partial charge on any atom is -0.319 e. The van der Waals surface area contributed by atoms with Crippen molar-refractivity contribution >= 4 is 11.7 Å². The van der Waals surface area contributed by atoms with Crippen LogP contribution in [0.4, 0.5) is 5.82 Å². The number of carbonyl (C=O) groups excluding carboxylic acids is 1. The van der Waals surface area contributed by atoms with E-state index in [0.717, 1.165) is 13.1 Å². The van der Waals surface area contributed by atoms with Gasteiger partial charge in [-0.15, -0.1) is 0 Å². The van der Waals surface area contributed by atoms with Gasteiger partial charge in [0.1, 0.15) is 0 Å². The third-order valence-corrected chi connectivity index (χ3v) is 4.50. The second kappa shape index (κ2) is 7.80. The molecule has 1 saturated carbocycles. The molecule has 1 fully saturated rings. The van der Waals surface area contributed by atoms with Crippen LogP contribution >= 0.6 is 0 Å². The largest absolute Gasteiger partial charge is 0.319 e. The van der Waals surface area contributed by atoms with E-state index in [1.807, 2.05) is 36.0 Å². The lowest BCUT2D eigenvalue weighted by atomic mass is 10.2. The Kier molecular flexibility index (Phi) is 5.50. The number of aromatic nitrogens is 2. The van der Waals surface area contributed by atoms with Gasteiger partial charge in [0.2, 0.25) is 5.91 Å². The maximum Gasteiger partial charge on any atom is 0.243 e. The van der Waals surface area contributed by atoms with Gasteiger partial charge < -0.3 is 16.0 Å². The zero-order valence-corrected chi connectivity index (χ0v) is 15.0. The summed E-state index contributed by atoms with van der Waals surface area (Å²) in [7, 11) is 1.97. The molecule has 1 aromatic carbocycles. The Morgan fingerprint density at radius 1 is 1.40 bits per heavy atom. The zero-order chi connectivity index (χ0) is 17.8. The van der Waals surface area contributed by atoms with Crippen LogP contribution in [0.3, 0.4) is 0 Å². The fourth-order valence-corrected chi connectivity index (χ4v) is 3.05. The van der Waals surface area contributed by atoms with Gasteiger partial charge >= 0.3 is 0 Å². The molecule has 0 saturated heterocycles. The maximum absolute atomic E-state index is 12.4. The first-order chi connectivity index (χ1) is 12.1. The quantitative estimate of drug-likeness (QED) is 0.771. The molecule has 1 aliphatic carbocycles. The number of rotatable bonds is 8. The Morgan fingerprint density at radius 3 is 2.76 bits per heavy atom. The summed E-state index contributed by atoms with van der Waals surface area (Å²) in [5.41, 5.74) is 8.50. The molecule has 3 N–H and O–H groups in total. The normalized spacial score (nSPS) is 15.4. The predicted molar refractivity (Wildman–Crippen MR) is 99.3 cm³/mol. The SMILES string of the molecule is CCn1nc(NC(=O)C(N)CN(C)Cc2ccccc2)cc1C1CC1. The molecular formula is C19H27N5O. The predicted octanol–water partition coefficient (Wildman–Crippen LogP) is 2.18. The molecule has 25 heavy (non-hydrogen) atoms. The number of likely N-dealkylation sites (N-methyl/N-ethyl adjacent to an activating group) is 1. The van der Waals surface area contributed by atoms with Crippen LogP contribution in [-0.2, 0) is 17.9 Å². The molecule has 2 aromatic rings. The lowest BCUT2D eigenvalue weighted by Gasteiger charge is -2.20. The number of amides is 1. The van der Waals surface area contributed by atoms with Gasteiger partial charge in [0, 0.05) is 37.3 Å². The van der Waals surface area contributed by atoms with E-state index in [4.69, 9.17) is 5.73 Å². The second-order valence-electron chi connectivity index (χ2n) is 6.82. The van der Waals surface area contributed by atoms with E-state index in [-0.39, 0.29) is 5.91 Å². The zero-order valence-electron chi connectivity index (χ0n) is 15.0. The summed E-state index contributed by atoms with van der Waals surface area (Å²) in [5.74, 6) is 1.02. The number of nitrogens with two attached hydrogens (primary N) is 1. The monoisotopic (exact) mass is 341 g/mol. The fraction of sp³-hybridized carbons (Fsp3) is 0.474. The molecule has 0 bridgehead atoms. The van der Waals surface area contributed by atoms with Gasteiger partial charge in [-0.1, -0.05) is 30.3 Å². The maximum atomic E-state index is 12.4. The van der Waals surface area contributed by atoms with Crippen molar-refractivity contribution in [3.05, 3.63) is 47.7 Å². The average Bonchev–Trinajstić information content (AvgIpc) is 3.36. The summed E-state index contributed by atoms with van der Waals surface area (Å²) >= 11 is 0. The highest BCUT2D eigenvalue weighted by molar-refractivity contribution is 5.94. The molecular weight excluding hydrogens is 314 g/mol. The molecule has 1 amide bonds. The molecule has 0 aliphatic heterocycles. The molecule has 3 rings (SSSR count). The van der Waals surface area contributed by atoms with Crippen LogP contribution in [0.25, 0.3) is 0 Å². The molecule has 1 unspecified atom stereocenters. The highest BCUT2D eigenvalue weighted by Gasteiger charge is 2.28. The second-order valence-corrected chi connectivity index (χ2v) is 6.82. The van der Waals surface area contributed by atoms with Crippen LogP contribution in [0.15, 0.2) is 36.4 Å². The van der Waals surface area contributed by atoms with Gasteiger partial charge in [0.25, 0.3) is 0 Å². The van der Waals surface area contributed by atoms with Gasteiger partial charge in [0.05, 0.1) is 6.04 Å². The summed E-state index contributed by atoms with van der Waals surface area (Å²) < 4.78 is 1.97. The van der Waals surface area contributed by atoms with Gasteiger partial charge in [-0.05, 0) is 32.4 Å². The van der Waals surface area contributed by atoms with Crippen molar-refractivity contribution in [3.63, 3.8) is 0 Å². The number of aryl methyl sites for hydroxylation is 1. The fourth-order valence-electron chi connectivity index (χ4n) is 3.05. The van der Waals surface area contributed by atoms with E-state index in [1.165, 1.54) is 24.1 Å². The van der Waals surface area contributed by atoms with E-state index in [0.29, 0.717) is 18.3 Å². The number of carbonyl (C=O) groups is 1. The first-order valence-electron chi connectivity index (χ1n) is 8.93. The Balaban J connectivity index is 1.53. The van der Waals surface area contributed by atoms with E-state index in [2.05, 4.69) is 34.4 Å². The highest BCUT2D eigenvalue weighted by atomic mass is 16.2. The van der Waals surface area contributed by atoms with Crippen molar-refractivity contribution in [2.45, 2.75) is 44.8 Å². The first-order valence-corrected chi connectivity index (χ1v) is 8.93. The minimum absolute atomic E-state index is 0.192. The first kappa shape index (κ1) is 17.6. The molecule has 0 radical (unpaired) electrons. The molecule has 6 nitrogen and oxygen atoms in total. The van der Waals surface area contributed by atoms with Crippen LogP contribution in [0.2, 0.25) is 0 Å². The minimum atomic E-state index is -0.593. The van der Waals surface area contributed by atoms with E-state index in [1.54, 1.807) is 0 Å². The molecule has 1 aromatic heterocycles. The standard InChI is InChI=1S/C19H27N5O/c1-3-24-17(15-9-10-15)11-18(22-24)21-19(25)16(20)13-23(2)12-14-7-5-4-6-8-14/h4-8,11,15-16H,3,9-10,12-13,20H2,1-2H3,(H,21,22,25). The van der Waals surface area contributed by atoms with Crippen molar-refractivity contribution < 1.29 is 4.79 Å². The Bertz CT molecular complexity index is 708. The Morgan fingerprint density at radius 2 is 2.12 bits per heavy atom. The van der Waals surface area contributed by atoms with Crippen molar-refractivity contribution in [1.29, 1.82) is 0 Å². The third-order valence-electron chi connectivity index (χ3n) is 4.50. The van der Waals surface area contributed by atoms with Crippen molar-refractivity contribution in [1.82, 2.24) is 14.7 Å². The highest BCUT2D eigenvalue weighted by Crippen LogP contribution is 2.40. The third kappa shape index (κ3) is 4.67. The number of anilines is 1. The average molecular weight is 341 g/mol. The Labute approximate surface area is 149 Å². The number of hydrogen-bond acceptors (Lipinski definition) is 4. The van der Waals surface area contributed by atoms with Crippen LogP contribution < -0.4 is 11.1 Å². The number of hydrogen-bond donors (Lipinski definition) is 2. The lowest BCUT2D eigenvalue weighted by molar-refractivity contribution is -0.117. The Hall–Kier alpha value is -2.18. The lowest BCUT2D eigenvalue weighted by Crippen LogP contribution is -2.44. The molecule has 1 heterocycles. The van der Waals surface area contributed by atoms with Gasteiger partial charge in [-0.3, -0.25) is 9.48 Å². The van der Waals surface area contributed by atoms with E-state index >= 15 is 0 Å². The summed E-state index contributed by atoms with van der Waals surface area (Å²) in [6, 6.07) is 11.5.